The van der Waals surface area contributed by atoms with Crippen molar-refractivity contribution in [1.29, 1.82) is 0 Å². The molecular weight excluding hydrogens is 268 g/mol. The molecule has 0 spiro atoms. The minimum absolute atomic E-state index is 0.0203. The molecule has 0 bridgehead atoms. The third-order valence-corrected chi connectivity index (χ3v) is 4.56. The van der Waals surface area contributed by atoms with Crippen molar-refractivity contribution in [2.24, 2.45) is 0 Å². The Morgan fingerprint density at radius 3 is 2.95 bits per heavy atom. The van der Waals surface area contributed by atoms with Gasteiger partial charge < -0.3 is 14.7 Å². The van der Waals surface area contributed by atoms with Gasteiger partial charge in [-0.25, -0.2) is 0 Å². The third-order valence-electron chi connectivity index (χ3n) is 4.56. The Labute approximate surface area is 125 Å². The number of hydrogen-bond donors (Lipinski definition) is 1. The molecule has 2 aliphatic heterocycles. The van der Waals surface area contributed by atoms with Gasteiger partial charge in [0.15, 0.2) is 0 Å². The van der Waals surface area contributed by atoms with Crippen molar-refractivity contribution in [1.82, 2.24) is 9.80 Å². The van der Waals surface area contributed by atoms with E-state index < -0.39 is 0 Å². The van der Waals surface area contributed by atoms with Gasteiger partial charge in [-0.1, -0.05) is 6.42 Å². The van der Waals surface area contributed by atoms with E-state index >= 15 is 0 Å². The van der Waals surface area contributed by atoms with Gasteiger partial charge in [0.1, 0.15) is 11.5 Å². The molecule has 5 nitrogen and oxygen atoms in total. The van der Waals surface area contributed by atoms with Crippen LogP contribution in [-0.4, -0.2) is 60.1 Å². The van der Waals surface area contributed by atoms with Crippen LogP contribution in [0.15, 0.2) is 18.2 Å². The number of hydrogen-bond acceptors (Lipinski definition) is 4. The highest BCUT2D eigenvalue weighted by atomic mass is 16.5. The quantitative estimate of drug-likeness (QED) is 0.901. The summed E-state index contributed by atoms with van der Waals surface area (Å²) in [6.07, 6.45) is 3.67. The van der Waals surface area contributed by atoms with Crippen molar-refractivity contribution < 1.29 is 14.6 Å². The van der Waals surface area contributed by atoms with Crippen LogP contribution in [0, 0.1) is 0 Å². The number of methoxy groups -OCH3 is 1. The third kappa shape index (κ3) is 2.83. The van der Waals surface area contributed by atoms with E-state index in [1.54, 1.807) is 19.2 Å². The molecule has 21 heavy (non-hydrogen) atoms. The average molecular weight is 290 g/mol. The van der Waals surface area contributed by atoms with Crippen LogP contribution in [0.25, 0.3) is 0 Å². The first-order valence-corrected chi connectivity index (χ1v) is 7.59. The number of phenolic OH excluding ortho intramolecular Hbond substituents is 1. The first kappa shape index (κ1) is 14.2. The van der Waals surface area contributed by atoms with Crippen LogP contribution < -0.4 is 4.74 Å². The van der Waals surface area contributed by atoms with Crippen molar-refractivity contribution in [3.63, 3.8) is 0 Å². The molecule has 2 saturated heterocycles. The summed E-state index contributed by atoms with van der Waals surface area (Å²) in [5.41, 5.74) is 0.332. The lowest BCUT2D eigenvalue weighted by Crippen LogP contribution is -2.56. The van der Waals surface area contributed by atoms with Crippen LogP contribution in [0.2, 0.25) is 0 Å². The number of benzene rings is 1. The molecule has 2 aliphatic rings. The van der Waals surface area contributed by atoms with Gasteiger partial charge in [0.2, 0.25) is 0 Å². The van der Waals surface area contributed by atoms with Crippen molar-refractivity contribution in [2.75, 3.05) is 33.3 Å². The number of aromatic hydroxyl groups is 1. The van der Waals surface area contributed by atoms with E-state index in [2.05, 4.69) is 4.90 Å². The fourth-order valence-electron chi connectivity index (χ4n) is 3.32. The molecule has 114 valence electrons. The summed E-state index contributed by atoms with van der Waals surface area (Å²) in [6, 6.07) is 5.27. The van der Waals surface area contributed by atoms with Crippen LogP contribution in [0.5, 0.6) is 11.5 Å². The predicted molar refractivity (Wildman–Crippen MR) is 79.8 cm³/mol. The molecular formula is C16H22N2O3. The second-order valence-electron chi connectivity index (χ2n) is 5.82. The lowest BCUT2D eigenvalue weighted by Gasteiger charge is -2.44. The summed E-state index contributed by atoms with van der Waals surface area (Å²) in [4.78, 5) is 17.0. The van der Waals surface area contributed by atoms with Gasteiger partial charge in [-0.2, -0.15) is 0 Å². The molecule has 1 aromatic rings. The first-order chi connectivity index (χ1) is 10.2. The molecule has 5 heteroatoms. The normalized spacial score (nSPS) is 22.7. The topological polar surface area (TPSA) is 53.0 Å². The van der Waals surface area contributed by atoms with Crippen LogP contribution >= 0.6 is 0 Å². The number of nitrogens with zero attached hydrogens (tertiary/aromatic N) is 2. The van der Waals surface area contributed by atoms with Gasteiger partial charge in [-0.15, -0.1) is 0 Å². The zero-order valence-corrected chi connectivity index (χ0v) is 12.4. The predicted octanol–water partition coefficient (Wildman–Crippen LogP) is 1.71. The fourth-order valence-corrected chi connectivity index (χ4v) is 3.32. The number of phenols is 1. The van der Waals surface area contributed by atoms with Crippen LogP contribution in [0.3, 0.4) is 0 Å². The number of fused-ring (bicyclic) bond motifs is 1. The number of amides is 1. The lowest BCUT2D eigenvalue weighted by atomic mass is 9.99. The number of piperazine rings is 1. The van der Waals surface area contributed by atoms with Gasteiger partial charge in [-0.3, -0.25) is 9.69 Å². The fraction of sp³-hybridized carbons (Fsp3) is 0.562. The van der Waals surface area contributed by atoms with E-state index in [9.17, 15) is 9.90 Å². The maximum absolute atomic E-state index is 12.7. The van der Waals surface area contributed by atoms with Crippen molar-refractivity contribution in [3.8, 4) is 11.5 Å². The number of ether oxygens (including phenoxy) is 1. The lowest BCUT2D eigenvalue weighted by molar-refractivity contribution is 0.0370. The molecule has 2 fully saturated rings. The summed E-state index contributed by atoms with van der Waals surface area (Å²) in [5, 5.41) is 9.95. The summed E-state index contributed by atoms with van der Waals surface area (Å²) in [6.45, 7) is 3.57. The van der Waals surface area contributed by atoms with Crippen LogP contribution in [0.1, 0.15) is 29.6 Å². The Bertz CT molecular complexity index is 532. The smallest absolute Gasteiger partial charge is 0.257 e. The maximum Gasteiger partial charge on any atom is 0.257 e. The SMILES string of the molecule is COc1ccc(O)c(C(=O)N2CCN3CCCCC3C2)c1. The maximum atomic E-state index is 12.7. The Balaban J connectivity index is 1.76. The van der Waals surface area contributed by atoms with Crippen LogP contribution in [0.4, 0.5) is 0 Å². The van der Waals surface area contributed by atoms with Gasteiger partial charge >= 0.3 is 0 Å². The molecule has 1 unspecified atom stereocenters. The van der Waals surface area contributed by atoms with E-state index in [4.69, 9.17) is 4.74 Å². The number of rotatable bonds is 2. The van der Waals surface area contributed by atoms with Crippen molar-refractivity contribution in [2.45, 2.75) is 25.3 Å². The second-order valence-corrected chi connectivity index (χ2v) is 5.82. The minimum Gasteiger partial charge on any atom is -0.507 e. The van der Waals surface area contributed by atoms with Gasteiger partial charge in [0, 0.05) is 25.7 Å². The number of carbonyl (C=O) groups is 1. The molecule has 1 atom stereocenters. The second kappa shape index (κ2) is 5.93. The summed E-state index contributed by atoms with van der Waals surface area (Å²) >= 11 is 0. The van der Waals surface area contributed by atoms with E-state index in [-0.39, 0.29) is 11.7 Å². The number of carbonyl (C=O) groups excluding carboxylic acids is 1. The summed E-state index contributed by atoms with van der Waals surface area (Å²) in [7, 11) is 1.56. The van der Waals surface area contributed by atoms with Crippen molar-refractivity contribution in [3.05, 3.63) is 23.8 Å². The molecule has 0 aliphatic carbocycles. The van der Waals surface area contributed by atoms with Crippen LogP contribution in [-0.2, 0) is 0 Å². The molecule has 0 radical (unpaired) electrons. The first-order valence-electron chi connectivity index (χ1n) is 7.59. The summed E-state index contributed by atoms with van der Waals surface area (Å²) in [5.74, 6) is 0.510. The highest BCUT2D eigenvalue weighted by Gasteiger charge is 2.32. The largest absolute Gasteiger partial charge is 0.507 e. The molecule has 0 aromatic heterocycles. The molecule has 1 aromatic carbocycles. The Morgan fingerprint density at radius 2 is 2.14 bits per heavy atom. The van der Waals surface area contributed by atoms with Crippen molar-refractivity contribution >= 4 is 5.91 Å². The van der Waals surface area contributed by atoms with E-state index in [0.717, 1.165) is 32.6 Å². The Morgan fingerprint density at radius 1 is 1.29 bits per heavy atom. The zero-order valence-electron chi connectivity index (χ0n) is 12.4. The Hall–Kier alpha value is -1.75. The summed E-state index contributed by atoms with van der Waals surface area (Å²) < 4.78 is 5.14. The number of piperidine rings is 1. The molecule has 1 amide bonds. The molecule has 1 N–H and O–H groups in total. The van der Waals surface area contributed by atoms with Gasteiger partial charge in [0.05, 0.1) is 12.7 Å². The standard InChI is InChI=1S/C16H22N2O3/c1-21-13-5-6-15(19)14(10-13)16(20)18-9-8-17-7-3-2-4-12(17)11-18/h5-6,10,12,19H,2-4,7-9,11H2,1H3. The monoisotopic (exact) mass is 290 g/mol. The van der Waals surface area contributed by atoms with Gasteiger partial charge in [-0.05, 0) is 37.6 Å². The van der Waals surface area contributed by atoms with E-state index in [0.29, 0.717) is 17.4 Å². The highest BCUT2D eigenvalue weighted by molar-refractivity contribution is 5.97. The molecule has 2 heterocycles. The van der Waals surface area contributed by atoms with E-state index in [1.165, 1.54) is 18.9 Å². The highest BCUT2D eigenvalue weighted by Crippen LogP contribution is 2.27. The average Bonchev–Trinajstić information content (AvgIpc) is 2.54. The van der Waals surface area contributed by atoms with E-state index in [1.807, 2.05) is 4.90 Å². The minimum atomic E-state index is -0.100. The Kier molecular flexibility index (Phi) is 4.01. The van der Waals surface area contributed by atoms with Gasteiger partial charge in [0.25, 0.3) is 5.91 Å². The zero-order chi connectivity index (χ0) is 14.8. The molecule has 0 saturated carbocycles. The molecule has 3 rings (SSSR count).